The molecule has 104 valence electrons. The van der Waals surface area contributed by atoms with Crippen LogP contribution in [0.4, 0.5) is 5.95 Å². The molecule has 0 aliphatic heterocycles. The summed E-state index contributed by atoms with van der Waals surface area (Å²) in [6, 6.07) is 1.77. The van der Waals surface area contributed by atoms with E-state index in [1.165, 1.54) is 0 Å². The van der Waals surface area contributed by atoms with Gasteiger partial charge >= 0.3 is 0 Å². The minimum Gasteiger partial charge on any atom is -0.472 e. The summed E-state index contributed by atoms with van der Waals surface area (Å²) in [7, 11) is 3.70. The summed E-state index contributed by atoms with van der Waals surface area (Å²) in [5.41, 5.74) is 0.785. The number of nitrogens with zero attached hydrogens (tertiary/aromatic N) is 5. The molecule has 3 heterocycles. The van der Waals surface area contributed by atoms with E-state index in [4.69, 9.17) is 13.5 Å². The predicted molar refractivity (Wildman–Crippen MR) is 68.0 cm³/mol. The first-order valence-corrected chi connectivity index (χ1v) is 6.07. The molecule has 0 fully saturated rings. The maximum atomic E-state index is 5.16. The van der Waals surface area contributed by atoms with E-state index < -0.39 is 0 Å². The van der Waals surface area contributed by atoms with Crippen LogP contribution in [0.15, 0.2) is 32.1 Å². The molecule has 0 atom stereocenters. The average molecular weight is 275 g/mol. The summed E-state index contributed by atoms with van der Waals surface area (Å²) in [6.07, 6.45) is 4.22. The second kappa shape index (κ2) is 5.16. The lowest BCUT2D eigenvalue weighted by atomic mass is 10.3. The highest BCUT2D eigenvalue weighted by Gasteiger charge is 2.12. The summed E-state index contributed by atoms with van der Waals surface area (Å²) < 4.78 is 15.3. The first-order valence-electron chi connectivity index (χ1n) is 6.07. The van der Waals surface area contributed by atoms with E-state index in [9.17, 15) is 0 Å². The van der Waals surface area contributed by atoms with Gasteiger partial charge in [-0.25, -0.2) is 0 Å². The van der Waals surface area contributed by atoms with Crippen LogP contribution in [0.5, 0.6) is 0 Å². The Morgan fingerprint density at radius 3 is 2.45 bits per heavy atom. The Balaban J connectivity index is 1.63. The number of rotatable bonds is 5. The van der Waals surface area contributed by atoms with Crippen molar-refractivity contribution in [3.63, 3.8) is 0 Å². The summed E-state index contributed by atoms with van der Waals surface area (Å²) >= 11 is 0. The quantitative estimate of drug-likeness (QED) is 0.692. The number of hydrogen-bond donors (Lipinski definition) is 0. The van der Waals surface area contributed by atoms with Crippen LogP contribution in [-0.2, 0) is 12.8 Å². The molecule has 20 heavy (non-hydrogen) atoms. The molecule has 0 spiro atoms. The SMILES string of the molecule is CN(C)c1noc(CCc2nc(-c3ccoc3)no2)n1. The minimum atomic E-state index is 0.508. The van der Waals surface area contributed by atoms with Gasteiger partial charge in [0, 0.05) is 26.9 Å². The van der Waals surface area contributed by atoms with Crippen LogP contribution in [-0.4, -0.2) is 34.4 Å². The predicted octanol–water partition coefficient (Wildman–Crippen LogP) is 1.56. The highest BCUT2D eigenvalue weighted by molar-refractivity contribution is 5.51. The Morgan fingerprint density at radius 2 is 1.80 bits per heavy atom. The zero-order chi connectivity index (χ0) is 13.9. The summed E-state index contributed by atoms with van der Waals surface area (Å²) in [5.74, 6) is 2.11. The molecule has 3 rings (SSSR count). The molecule has 0 aromatic carbocycles. The molecule has 0 N–H and O–H groups in total. The molecular weight excluding hydrogens is 262 g/mol. The van der Waals surface area contributed by atoms with Crippen molar-refractivity contribution in [2.45, 2.75) is 12.8 Å². The van der Waals surface area contributed by atoms with Crippen molar-refractivity contribution in [2.75, 3.05) is 19.0 Å². The Bertz CT molecular complexity index is 671. The molecular formula is C12H13N5O3. The topological polar surface area (TPSA) is 94.2 Å². The van der Waals surface area contributed by atoms with Crippen LogP contribution in [0.25, 0.3) is 11.4 Å². The van der Waals surface area contributed by atoms with Crippen LogP contribution in [0, 0.1) is 0 Å². The van der Waals surface area contributed by atoms with Crippen LogP contribution in [0.3, 0.4) is 0 Å². The van der Waals surface area contributed by atoms with Crippen molar-refractivity contribution in [1.82, 2.24) is 20.3 Å². The van der Waals surface area contributed by atoms with Gasteiger partial charge in [0.25, 0.3) is 5.95 Å². The molecule has 0 saturated carbocycles. The van der Waals surface area contributed by atoms with Crippen molar-refractivity contribution in [1.29, 1.82) is 0 Å². The third kappa shape index (κ3) is 2.53. The number of aryl methyl sites for hydroxylation is 2. The lowest BCUT2D eigenvalue weighted by molar-refractivity contribution is 0.354. The number of furan rings is 1. The summed E-state index contributed by atoms with van der Waals surface area (Å²) in [5, 5.41) is 7.72. The monoisotopic (exact) mass is 275 g/mol. The number of aromatic nitrogens is 4. The van der Waals surface area contributed by atoms with E-state index >= 15 is 0 Å². The van der Waals surface area contributed by atoms with Gasteiger partial charge in [0.05, 0.1) is 11.8 Å². The van der Waals surface area contributed by atoms with E-state index in [0.717, 1.165) is 5.56 Å². The molecule has 0 aliphatic carbocycles. The van der Waals surface area contributed by atoms with Gasteiger partial charge in [0.15, 0.2) is 0 Å². The fraction of sp³-hybridized carbons (Fsp3) is 0.333. The van der Waals surface area contributed by atoms with Crippen molar-refractivity contribution < 1.29 is 13.5 Å². The van der Waals surface area contributed by atoms with E-state index in [0.29, 0.717) is 36.4 Å². The minimum absolute atomic E-state index is 0.508. The van der Waals surface area contributed by atoms with Gasteiger partial charge in [-0.2, -0.15) is 9.97 Å². The highest BCUT2D eigenvalue weighted by atomic mass is 16.5. The fourth-order valence-electron chi connectivity index (χ4n) is 1.61. The van der Waals surface area contributed by atoms with E-state index in [-0.39, 0.29) is 0 Å². The van der Waals surface area contributed by atoms with Gasteiger partial charge < -0.3 is 18.4 Å². The zero-order valence-electron chi connectivity index (χ0n) is 11.1. The average Bonchev–Trinajstić information content (AvgIpc) is 3.17. The number of anilines is 1. The van der Waals surface area contributed by atoms with Crippen molar-refractivity contribution >= 4 is 5.95 Å². The van der Waals surface area contributed by atoms with E-state index in [2.05, 4.69) is 20.3 Å². The van der Waals surface area contributed by atoms with Gasteiger partial charge in [-0.05, 0) is 11.2 Å². The molecule has 3 aromatic heterocycles. The smallest absolute Gasteiger partial charge is 0.265 e. The van der Waals surface area contributed by atoms with E-state index in [1.54, 1.807) is 23.5 Å². The Labute approximate surface area is 114 Å². The molecule has 3 aromatic rings. The lowest BCUT2D eigenvalue weighted by Crippen LogP contribution is -2.10. The standard InChI is InChI=1S/C12H13N5O3/c1-17(2)12-14-10(20-16-12)4-3-9-13-11(15-19-9)8-5-6-18-7-8/h5-7H,3-4H2,1-2H3. The molecule has 0 radical (unpaired) electrons. The van der Waals surface area contributed by atoms with Crippen LogP contribution in [0.1, 0.15) is 11.8 Å². The maximum Gasteiger partial charge on any atom is 0.265 e. The van der Waals surface area contributed by atoms with Gasteiger partial charge in [0.1, 0.15) is 6.26 Å². The van der Waals surface area contributed by atoms with Gasteiger partial charge in [0.2, 0.25) is 17.6 Å². The van der Waals surface area contributed by atoms with Gasteiger partial charge in [-0.1, -0.05) is 5.16 Å². The molecule has 0 amide bonds. The molecule has 0 saturated heterocycles. The van der Waals surface area contributed by atoms with Crippen LogP contribution in [0.2, 0.25) is 0 Å². The number of hydrogen-bond acceptors (Lipinski definition) is 8. The molecule has 0 bridgehead atoms. The summed E-state index contributed by atoms with van der Waals surface area (Å²) in [6.45, 7) is 0. The zero-order valence-corrected chi connectivity index (χ0v) is 11.1. The largest absolute Gasteiger partial charge is 0.472 e. The summed E-state index contributed by atoms with van der Waals surface area (Å²) in [4.78, 5) is 10.3. The highest BCUT2D eigenvalue weighted by Crippen LogP contribution is 2.16. The lowest BCUT2D eigenvalue weighted by Gasteiger charge is -2.02. The van der Waals surface area contributed by atoms with Crippen molar-refractivity contribution in [2.24, 2.45) is 0 Å². The first kappa shape index (κ1) is 12.4. The second-order valence-electron chi connectivity index (χ2n) is 4.41. The maximum absolute atomic E-state index is 5.16. The Kier molecular flexibility index (Phi) is 3.20. The second-order valence-corrected chi connectivity index (χ2v) is 4.41. The van der Waals surface area contributed by atoms with Crippen LogP contribution >= 0.6 is 0 Å². The normalized spacial score (nSPS) is 10.9. The molecule has 8 heteroatoms. The fourth-order valence-corrected chi connectivity index (χ4v) is 1.61. The van der Waals surface area contributed by atoms with Crippen molar-refractivity contribution in [3.05, 3.63) is 30.4 Å². The molecule has 8 nitrogen and oxygen atoms in total. The van der Waals surface area contributed by atoms with Crippen molar-refractivity contribution in [3.8, 4) is 11.4 Å². The van der Waals surface area contributed by atoms with Gasteiger partial charge in [-0.15, -0.1) is 0 Å². The molecule has 0 aliphatic rings. The van der Waals surface area contributed by atoms with Crippen LogP contribution < -0.4 is 4.90 Å². The van der Waals surface area contributed by atoms with E-state index in [1.807, 2.05) is 14.1 Å². The Hall–Kier alpha value is -2.64. The Morgan fingerprint density at radius 1 is 1.05 bits per heavy atom. The third-order valence-electron chi connectivity index (χ3n) is 2.66. The third-order valence-corrected chi connectivity index (χ3v) is 2.66. The first-order chi connectivity index (χ1) is 9.72. The molecule has 0 unspecified atom stereocenters. The van der Waals surface area contributed by atoms with Gasteiger partial charge in [-0.3, -0.25) is 0 Å².